The van der Waals surface area contributed by atoms with E-state index < -0.39 is 0 Å². The maximum absolute atomic E-state index is 3.58. The molecule has 0 spiro atoms. The molecular weight excluding hydrogens is 288 g/mol. The summed E-state index contributed by atoms with van der Waals surface area (Å²) in [5.41, 5.74) is 5.20. The van der Waals surface area contributed by atoms with E-state index >= 15 is 0 Å². The fraction of sp³-hybridized carbons (Fsp3) is 0.467. The minimum atomic E-state index is 0.684. The van der Waals surface area contributed by atoms with Crippen LogP contribution < -0.4 is 5.32 Å². The van der Waals surface area contributed by atoms with Crippen molar-refractivity contribution in [3.63, 3.8) is 0 Å². The van der Waals surface area contributed by atoms with Gasteiger partial charge in [-0.05, 0) is 49.6 Å². The number of hydrogen-bond donors (Lipinski definition) is 2. The summed E-state index contributed by atoms with van der Waals surface area (Å²) in [6.07, 6.45) is 0. The number of aromatic nitrogens is 1. The van der Waals surface area contributed by atoms with Gasteiger partial charge in [0.05, 0.1) is 0 Å². The zero-order valence-electron chi connectivity index (χ0n) is 11.5. The first kappa shape index (κ1) is 13.6. The van der Waals surface area contributed by atoms with E-state index in [1.165, 1.54) is 27.7 Å². The van der Waals surface area contributed by atoms with E-state index in [1.807, 2.05) is 0 Å². The van der Waals surface area contributed by atoms with Crippen LogP contribution in [0.3, 0.4) is 0 Å². The normalized spacial score (nSPS) is 11.7. The molecular formula is C15H21BrN2. The first-order valence-electron chi connectivity index (χ1n) is 6.47. The molecule has 2 aromatic rings. The molecule has 1 heterocycles. The lowest BCUT2D eigenvalue weighted by molar-refractivity contribution is 0.552. The Balaban J connectivity index is 2.34. The van der Waals surface area contributed by atoms with Gasteiger partial charge in [-0.15, -0.1) is 0 Å². The van der Waals surface area contributed by atoms with Crippen molar-refractivity contribution in [2.24, 2.45) is 5.92 Å². The summed E-state index contributed by atoms with van der Waals surface area (Å²) in [6, 6.07) is 4.36. The van der Waals surface area contributed by atoms with Crippen LogP contribution in [0.4, 0.5) is 0 Å². The monoisotopic (exact) mass is 308 g/mol. The lowest BCUT2D eigenvalue weighted by Crippen LogP contribution is -2.19. The highest BCUT2D eigenvalue weighted by Gasteiger charge is 2.10. The number of nitrogens with one attached hydrogen (secondary N) is 2. The number of halogens is 1. The van der Waals surface area contributed by atoms with Crippen LogP contribution in [-0.2, 0) is 6.54 Å². The number of rotatable bonds is 4. The van der Waals surface area contributed by atoms with Crippen LogP contribution in [0.25, 0.3) is 10.9 Å². The molecule has 0 radical (unpaired) electrons. The molecule has 0 atom stereocenters. The summed E-state index contributed by atoms with van der Waals surface area (Å²) in [4.78, 5) is 3.50. The lowest BCUT2D eigenvalue weighted by atomic mass is 10.1. The highest BCUT2D eigenvalue weighted by molar-refractivity contribution is 9.10. The van der Waals surface area contributed by atoms with Gasteiger partial charge in [0.15, 0.2) is 0 Å². The lowest BCUT2D eigenvalue weighted by Gasteiger charge is -2.08. The molecule has 0 amide bonds. The molecule has 0 aliphatic rings. The van der Waals surface area contributed by atoms with E-state index in [0.717, 1.165) is 17.6 Å². The van der Waals surface area contributed by atoms with Gasteiger partial charge in [0.1, 0.15) is 0 Å². The number of aryl methyl sites for hydroxylation is 2. The number of aromatic amines is 1. The van der Waals surface area contributed by atoms with Crippen LogP contribution in [-0.4, -0.2) is 11.5 Å². The van der Waals surface area contributed by atoms with Gasteiger partial charge in [0, 0.05) is 27.6 Å². The third-order valence-corrected chi connectivity index (χ3v) is 3.70. The Hall–Kier alpha value is -0.800. The van der Waals surface area contributed by atoms with Crippen molar-refractivity contribution in [2.45, 2.75) is 34.2 Å². The molecule has 0 saturated carbocycles. The fourth-order valence-electron chi connectivity index (χ4n) is 2.33. The van der Waals surface area contributed by atoms with Crippen molar-refractivity contribution in [3.8, 4) is 0 Å². The number of benzene rings is 1. The standard InChI is InChI=1S/C15H21BrN2/c1-9(2)7-17-8-14-11(4)18-15-10(3)5-12(16)6-13(14)15/h5-6,9,17-18H,7-8H2,1-4H3. The maximum Gasteiger partial charge on any atom is 0.0489 e. The molecule has 0 saturated heterocycles. The van der Waals surface area contributed by atoms with E-state index in [4.69, 9.17) is 0 Å². The van der Waals surface area contributed by atoms with Crippen molar-refractivity contribution in [1.29, 1.82) is 0 Å². The summed E-state index contributed by atoms with van der Waals surface area (Å²) >= 11 is 3.58. The molecule has 2 nitrogen and oxygen atoms in total. The summed E-state index contributed by atoms with van der Waals surface area (Å²) in [5, 5.41) is 4.85. The molecule has 2 rings (SSSR count). The van der Waals surface area contributed by atoms with Gasteiger partial charge in [-0.2, -0.15) is 0 Å². The zero-order chi connectivity index (χ0) is 13.3. The third kappa shape index (κ3) is 2.78. The Morgan fingerprint density at radius 2 is 2.00 bits per heavy atom. The van der Waals surface area contributed by atoms with E-state index in [-0.39, 0.29) is 0 Å². The third-order valence-electron chi connectivity index (χ3n) is 3.24. The summed E-state index contributed by atoms with van der Waals surface area (Å²) in [6.45, 7) is 10.7. The quantitative estimate of drug-likeness (QED) is 0.866. The largest absolute Gasteiger partial charge is 0.358 e. The molecule has 1 aromatic heterocycles. The van der Waals surface area contributed by atoms with E-state index in [0.29, 0.717) is 5.92 Å². The van der Waals surface area contributed by atoms with Crippen LogP contribution in [0, 0.1) is 19.8 Å². The van der Waals surface area contributed by atoms with Crippen LogP contribution >= 0.6 is 15.9 Å². The van der Waals surface area contributed by atoms with E-state index in [1.54, 1.807) is 0 Å². The van der Waals surface area contributed by atoms with Crippen molar-refractivity contribution < 1.29 is 0 Å². The minimum Gasteiger partial charge on any atom is -0.358 e. The Labute approximate surface area is 117 Å². The van der Waals surface area contributed by atoms with Gasteiger partial charge in [0.2, 0.25) is 0 Å². The van der Waals surface area contributed by atoms with Gasteiger partial charge in [-0.3, -0.25) is 0 Å². The van der Waals surface area contributed by atoms with Crippen LogP contribution in [0.15, 0.2) is 16.6 Å². The van der Waals surface area contributed by atoms with Crippen molar-refractivity contribution in [2.75, 3.05) is 6.54 Å². The maximum atomic E-state index is 3.58. The fourth-order valence-corrected chi connectivity index (χ4v) is 2.90. The second-order valence-corrected chi connectivity index (χ2v) is 6.31. The second kappa shape index (κ2) is 5.45. The molecule has 2 N–H and O–H groups in total. The topological polar surface area (TPSA) is 27.8 Å². The Morgan fingerprint density at radius 3 is 2.67 bits per heavy atom. The highest BCUT2D eigenvalue weighted by Crippen LogP contribution is 2.28. The number of hydrogen-bond acceptors (Lipinski definition) is 1. The SMILES string of the molecule is Cc1[nH]c2c(C)cc(Br)cc2c1CNCC(C)C. The molecule has 0 fully saturated rings. The summed E-state index contributed by atoms with van der Waals surface area (Å²) in [7, 11) is 0. The zero-order valence-corrected chi connectivity index (χ0v) is 13.1. The number of fused-ring (bicyclic) bond motifs is 1. The molecule has 0 aliphatic heterocycles. The molecule has 98 valence electrons. The average Bonchev–Trinajstić information content (AvgIpc) is 2.56. The van der Waals surface area contributed by atoms with Crippen LogP contribution in [0.5, 0.6) is 0 Å². The van der Waals surface area contributed by atoms with E-state index in [9.17, 15) is 0 Å². The molecule has 1 aromatic carbocycles. The van der Waals surface area contributed by atoms with Crippen LogP contribution in [0.1, 0.15) is 30.7 Å². The second-order valence-electron chi connectivity index (χ2n) is 5.40. The highest BCUT2D eigenvalue weighted by atomic mass is 79.9. The molecule has 3 heteroatoms. The Bertz CT molecular complexity index is 555. The first-order valence-corrected chi connectivity index (χ1v) is 7.26. The summed E-state index contributed by atoms with van der Waals surface area (Å²) < 4.78 is 1.15. The van der Waals surface area contributed by atoms with Crippen molar-refractivity contribution in [1.82, 2.24) is 10.3 Å². The van der Waals surface area contributed by atoms with Gasteiger partial charge in [-0.1, -0.05) is 29.8 Å². The Morgan fingerprint density at radius 1 is 1.28 bits per heavy atom. The smallest absolute Gasteiger partial charge is 0.0489 e. The Kier molecular flexibility index (Phi) is 4.13. The van der Waals surface area contributed by atoms with Gasteiger partial charge in [0.25, 0.3) is 0 Å². The van der Waals surface area contributed by atoms with Gasteiger partial charge in [-0.25, -0.2) is 0 Å². The molecule has 0 bridgehead atoms. The average molecular weight is 309 g/mol. The van der Waals surface area contributed by atoms with Crippen molar-refractivity contribution >= 4 is 26.8 Å². The number of H-pyrrole nitrogens is 1. The van der Waals surface area contributed by atoms with E-state index in [2.05, 4.69) is 66.1 Å². The van der Waals surface area contributed by atoms with Crippen LogP contribution in [0.2, 0.25) is 0 Å². The van der Waals surface area contributed by atoms with Gasteiger partial charge < -0.3 is 10.3 Å². The van der Waals surface area contributed by atoms with Gasteiger partial charge >= 0.3 is 0 Å². The first-order chi connectivity index (χ1) is 8.49. The van der Waals surface area contributed by atoms with Crippen molar-refractivity contribution in [3.05, 3.63) is 33.4 Å². The molecule has 0 unspecified atom stereocenters. The minimum absolute atomic E-state index is 0.684. The molecule has 0 aliphatic carbocycles. The molecule has 18 heavy (non-hydrogen) atoms. The predicted octanol–water partition coefficient (Wildman–Crippen LogP) is 4.29. The summed E-state index contributed by atoms with van der Waals surface area (Å²) in [5.74, 6) is 0.684. The predicted molar refractivity (Wildman–Crippen MR) is 82.0 cm³/mol.